The van der Waals surface area contributed by atoms with Gasteiger partial charge in [0, 0.05) is 30.6 Å². The van der Waals surface area contributed by atoms with Crippen molar-refractivity contribution in [1.29, 1.82) is 0 Å². The van der Waals surface area contributed by atoms with E-state index < -0.39 is 5.66 Å². The van der Waals surface area contributed by atoms with E-state index in [1.54, 1.807) is 18.1 Å². The highest BCUT2D eigenvalue weighted by Crippen LogP contribution is 2.45. The van der Waals surface area contributed by atoms with Crippen molar-refractivity contribution in [3.63, 3.8) is 0 Å². The molecule has 0 aromatic heterocycles. The Labute approximate surface area is 158 Å². The van der Waals surface area contributed by atoms with Gasteiger partial charge in [-0.25, -0.2) is 0 Å². The van der Waals surface area contributed by atoms with Crippen molar-refractivity contribution in [2.45, 2.75) is 25.4 Å². The van der Waals surface area contributed by atoms with Crippen LogP contribution in [0.25, 0.3) is 0 Å². The fraction of sp³-hybridized carbons (Fsp3) is 0.333. The summed E-state index contributed by atoms with van der Waals surface area (Å²) in [6.45, 7) is 4.85. The standard InChI is InChI=1S/C21H23N3O3/c1-13(2)14-8-9-18-16(12-14)21(20(26)22-18)23-17-7-5-4-6-15(17)19(25)24(21)10-11-27-3/h4-9,12-13,23H,10-11H2,1-3H3,(H,22,26). The molecule has 2 heterocycles. The molecule has 0 radical (unpaired) electrons. The van der Waals surface area contributed by atoms with E-state index in [1.165, 1.54) is 0 Å². The van der Waals surface area contributed by atoms with Crippen LogP contribution in [-0.4, -0.2) is 37.0 Å². The van der Waals surface area contributed by atoms with Crippen LogP contribution in [0, 0.1) is 0 Å². The fourth-order valence-corrected chi connectivity index (χ4v) is 3.85. The zero-order valence-electron chi connectivity index (χ0n) is 15.7. The first kappa shape index (κ1) is 17.5. The van der Waals surface area contributed by atoms with Gasteiger partial charge >= 0.3 is 0 Å². The maximum atomic E-state index is 13.3. The molecule has 1 atom stereocenters. The quantitative estimate of drug-likeness (QED) is 0.873. The lowest BCUT2D eigenvalue weighted by atomic mass is 9.90. The molecule has 27 heavy (non-hydrogen) atoms. The van der Waals surface area contributed by atoms with Gasteiger partial charge < -0.3 is 20.3 Å². The summed E-state index contributed by atoms with van der Waals surface area (Å²) in [4.78, 5) is 28.1. The minimum absolute atomic E-state index is 0.181. The highest BCUT2D eigenvalue weighted by atomic mass is 16.5. The molecular weight excluding hydrogens is 342 g/mol. The molecule has 0 saturated heterocycles. The van der Waals surface area contributed by atoms with Crippen molar-refractivity contribution in [2.24, 2.45) is 0 Å². The van der Waals surface area contributed by atoms with Gasteiger partial charge in [-0.2, -0.15) is 0 Å². The van der Waals surface area contributed by atoms with Crippen molar-refractivity contribution < 1.29 is 14.3 Å². The molecule has 2 aliphatic rings. The summed E-state index contributed by atoms with van der Waals surface area (Å²) in [5.41, 5.74) is 2.56. The van der Waals surface area contributed by atoms with Crippen LogP contribution in [0.5, 0.6) is 0 Å². The Morgan fingerprint density at radius 1 is 1.11 bits per heavy atom. The van der Waals surface area contributed by atoms with Gasteiger partial charge in [0.25, 0.3) is 11.8 Å². The molecule has 6 nitrogen and oxygen atoms in total. The van der Waals surface area contributed by atoms with Gasteiger partial charge in [-0.3, -0.25) is 9.59 Å². The first-order valence-electron chi connectivity index (χ1n) is 9.13. The van der Waals surface area contributed by atoms with Crippen LogP contribution in [-0.2, 0) is 15.2 Å². The Bertz CT molecular complexity index is 925. The summed E-state index contributed by atoms with van der Waals surface area (Å²) >= 11 is 0. The molecule has 2 N–H and O–H groups in total. The molecule has 0 aliphatic carbocycles. The number of carbonyl (C=O) groups is 2. The molecule has 6 heteroatoms. The van der Waals surface area contributed by atoms with Crippen LogP contribution in [0.1, 0.15) is 41.3 Å². The highest BCUT2D eigenvalue weighted by molar-refractivity contribution is 6.14. The predicted octanol–water partition coefficient (Wildman–Crippen LogP) is 3.13. The second kappa shape index (κ2) is 6.39. The van der Waals surface area contributed by atoms with Gasteiger partial charge in [0.15, 0.2) is 0 Å². The highest BCUT2D eigenvalue weighted by Gasteiger charge is 2.56. The Morgan fingerprint density at radius 3 is 2.63 bits per heavy atom. The topological polar surface area (TPSA) is 70.7 Å². The zero-order valence-corrected chi connectivity index (χ0v) is 15.7. The minimum Gasteiger partial charge on any atom is -0.383 e. The Kier molecular flexibility index (Phi) is 4.15. The summed E-state index contributed by atoms with van der Waals surface area (Å²) in [7, 11) is 1.59. The number of anilines is 2. The van der Waals surface area contributed by atoms with Crippen LogP contribution in [0.15, 0.2) is 42.5 Å². The first-order valence-corrected chi connectivity index (χ1v) is 9.13. The van der Waals surface area contributed by atoms with Gasteiger partial charge in [0.1, 0.15) is 0 Å². The molecule has 2 amide bonds. The fourth-order valence-electron chi connectivity index (χ4n) is 3.85. The average Bonchev–Trinajstić information content (AvgIpc) is 2.93. The molecule has 2 aromatic rings. The van der Waals surface area contributed by atoms with E-state index in [-0.39, 0.29) is 11.8 Å². The maximum absolute atomic E-state index is 13.3. The van der Waals surface area contributed by atoms with Gasteiger partial charge in [-0.1, -0.05) is 32.0 Å². The molecule has 1 spiro atoms. The van der Waals surface area contributed by atoms with Crippen molar-refractivity contribution in [1.82, 2.24) is 4.90 Å². The van der Waals surface area contributed by atoms with Gasteiger partial charge in [0.05, 0.1) is 12.2 Å². The van der Waals surface area contributed by atoms with E-state index in [4.69, 9.17) is 4.74 Å². The number of nitrogens with one attached hydrogen (secondary N) is 2. The molecule has 140 valence electrons. The number of ether oxygens (including phenoxy) is 1. The summed E-state index contributed by atoms with van der Waals surface area (Å²) in [6.07, 6.45) is 0. The lowest BCUT2D eigenvalue weighted by Gasteiger charge is -2.44. The number of para-hydroxylation sites is 1. The van der Waals surface area contributed by atoms with E-state index >= 15 is 0 Å². The second-order valence-corrected chi connectivity index (χ2v) is 7.24. The molecule has 2 aliphatic heterocycles. The van der Waals surface area contributed by atoms with Gasteiger partial charge in [-0.05, 0) is 35.7 Å². The predicted molar refractivity (Wildman–Crippen MR) is 104 cm³/mol. The van der Waals surface area contributed by atoms with Crippen LogP contribution in [0.4, 0.5) is 11.4 Å². The van der Waals surface area contributed by atoms with Crippen molar-refractivity contribution in [3.05, 3.63) is 59.2 Å². The largest absolute Gasteiger partial charge is 0.383 e. The van der Waals surface area contributed by atoms with Gasteiger partial charge in [-0.15, -0.1) is 0 Å². The second-order valence-electron chi connectivity index (χ2n) is 7.24. The SMILES string of the molecule is COCCN1C(=O)c2ccccc2NC12C(=O)Nc1ccc(C(C)C)cc12. The number of fused-ring (bicyclic) bond motifs is 3. The first-order chi connectivity index (χ1) is 13.0. The van der Waals surface area contributed by atoms with Gasteiger partial charge in [0.2, 0.25) is 5.66 Å². The number of benzene rings is 2. The number of carbonyl (C=O) groups excluding carboxylic acids is 2. The van der Waals surface area contributed by atoms with Crippen molar-refractivity contribution in [3.8, 4) is 0 Å². The Hall–Kier alpha value is -2.86. The summed E-state index contributed by atoms with van der Waals surface area (Å²) in [5, 5.41) is 6.32. The van der Waals surface area contributed by atoms with Crippen LogP contribution in [0.2, 0.25) is 0 Å². The molecule has 0 fully saturated rings. The number of methoxy groups -OCH3 is 1. The summed E-state index contributed by atoms with van der Waals surface area (Å²) < 4.78 is 5.22. The lowest BCUT2D eigenvalue weighted by Crippen LogP contribution is -2.62. The van der Waals surface area contributed by atoms with E-state index in [0.29, 0.717) is 30.3 Å². The molecule has 1 unspecified atom stereocenters. The van der Waals surface area contributed by atoms with E-state index in [2.05, 4.69) is 24.5 Å². The maximum Gasteiger partial charge on any atom is 0.276 e. The third kappa shape index (κ3) is 2.51. The molecule has 0 bridgehead atoms. The van der Waals surface area contributed by atoms with E-state index in [1.807, 2.05) is 36.4 Å². The smallest absolute Gasteiger partial charge is 0.276 e. The number of nitrogens with zero attached hydrogens (tertiary/aromatic N) is 1. The number of hydrogen-bond donors (Lipinski definition) is 2. The molecular formula is C21H23N3O3. The minimum atomic E-state index is -1.27. The Morgan fingerprint density at radius 2 is 1.89 bits per heavy atom. The lowest BCUT2D eigenvalue weighted by molar-refractivity contribution is -0.125. The van der Waals surface area contributed by atoms with Crippen molar-refractivity contribution >= 4 is 23.2 Å². The van der Waals surface area contributed by atoms with Crippen LogP contribution in [0.3, 0.4) is 0 Å². The van der Waals surface area contributed by atoms with Crippen LogP contribution >= 0.6 is 0 Å². The summed E-state index contributed by atoms with van der Waals surface area (Å²) in [5.74, 6) is -0.126. The number of rotatable bonds is 4. The Balaban J connectivity index is 1.93. The van der Waals surface area contributed by atoms with Crippen molar-refractivity contribution in [2.75, 3.05) is 30.9 Å². The number of hydrogen-bond acceptors (Lipinski definition) is 4. The summed E-state index contributed by atoms with van der Waals surface area (Å²) in [6, 6.07) is 13.2. The molecule has 2 aromatic carbocycles. The van der Waals surface area contributed by atoms with Crippen LogP contribution < -0.4 is 10.6 Å². The monoisotopic (exact) mass is 365 g/mol. The number of amides is 2. The molecule has 4 rings (SSSR count). The van der Waals surface area contributed by atoms with E-state index in [0.717, 1.165) is 16.8 Å². The third-order valence-corrected chi connectivity index (χ3v) is 5.32. The average molecular weight is 365 g/mol. The third-order valence-electron chi connectivity index (χ3n) is 5.32. The zero-order chi connectivity index (χ0) is 19.2. The van der Waals surface area contributed by atoms with E-state index in [9.17, 15) is 9.59 Å². The normalized spacial score (nSPS) is 20.5. The molecule has 0 saturated carbocycles.